The number of anilines is 1. The lowest BCUT2D eigenvalue weighted by Crippen LogP contribution is -2.57. The maximum atomic E-state index is 17.9. The predicted octanol–water partition coefficient (Wildman–Crippen LogP) is 12.7. The van der Waals surface area contributed by atoms with Crippen LogP contribution in [-0.4, -0.2) is 109 Å². The molecule has 14 heteroatoms. The van der Waals surface area contributed by atoms with Crippen LogP contribution in [0.1, 0.15) is 127 Å². The summed E-state index contributed by atoms with van der Waals surface area (Å²) in [5, 5.41) is 1.84. The maximum Gasteiger partial charge on any atom is 0.410 e. The molecule has 68 heavy (non-hydrogen) atoms. The molecule has 4 aromatic rings. The second-order valence-electron chi connectivity index (χ2n) is 23.7. The van der Waals surface area contributed by atoms with Gasteiger partial charge in [-0.05, 0) is 112 Å². The first-order valence-electron chi connectivity index (χ1n) is 25.3. The monoisotopic (exact) mass is 967 g/mol. The number of pyridine rings is 1. The standard InChI is InChI=1S/C54H76F2N6O4Si2/c1-34(2)68(35(3)4,36(5)6)28-24-41-44(55)22-19-37-17-15-18-42(45(37)41)47-46(56)48-43(29-57-47)49(60-30-38-20-21-39(31-60)62(38)51(63)66-52(7,8)9)59-50(58-48)64-33-54-25-16-27-61(54)40(23-26-54)32-65-67(13,14)53(10,11)12/h15,17-19,22,29,34-36,38-40H,16,20-21,23,25-27,30-33H2,1-14H3/t38?,39?,40-,54?/m1/s1. The number of piperazine rings is 1. The number of benzene rings is 2. The van der Waals surface area contributed by atoms with Gasteiger partial charge in [0.15, 0.2) is 14.1 Å². The number of aromatic nitrogens is 3. The minimum atomic E-state index is -2.26. The summed E-state index contributed by atoms with van der Waals surface area (Å²) in [5.41, 5.74) is 4.77. The van der Waals surface area contributed by atoms with Crippen molar-refractivity contribution in [2.75, 3.05) is 37.7 Å². The third kappa shape index (κ3) is 9.19. The van der Waals surface area contributed by atoms with Crippen LogP contribution >= 0.6 is 0 Å². The van der Waals surface area contributed by atoms with Crippen molar-refractivity contribution in [2.24, 2.45) is 0 Å². The van der Waals surface area contributed by atoms with Gasteiger partial charge in [0.2, 0.25) is 0 Å². The fourth-order valence-corrected chi connectivity index (χ4v) is 18.2. The molecule has 0 spiro atoms. The molecule has 0 N–H and O–H groups in total. The summed E-state index contributed by atoms with van der Waals surface area (Å²) in [4.78, 5) is 35.0. The Hall–Kier alpha value is -4.17. The number of ether oxygens (including phenoxy) is 2. The van der Waals surface area contributed by atoms with E-state index in [1.807, 2.05) is 37.8 Å². The molecule has 6 heterocycles. The Morgan fingerprint density at radius 1 is 0.912 bits per heavy atom. The zero-order chi connectivity index (χ0) is 49.3. The van der Waals surface area contributed by atoms with E-state index in [4.69, 9.17) is 28.9 Å². The Morgan fingerprint density at radius 3 is 2.22 bits per heavy atom. The molecule has 1 amide bonds. The number of carbonyl (C=O) groups is 1. The molecule has 10 nitrogen and oxygen atoms in total. The Morgan fingerprint density at radius 2 is 1.59 bits per heavy atom. The molecule has 4 aliphatic rings. The van der Waals surface area contributed by atoms with Gasteiger partial charge in [0, 0.05) is 42.9 Å². The normalized spacial score (nSPS) is 22.5. The third-order valence-corrected chi connectivity index (χ3v) is 27.3. The van der Waals surface area contributed by atoms with E-state index < -0.39 is 33.6 Å². The van der Waals surface area contributed by atoms with E-state index >= 15 is 8.78 Å². The number of halogens is 2. The summed E-state index contributed by atoms with van der Waals surface area (Å²) in [6, 6.07) is 8.93. The molecule has 4 aliphatic heterocycles. The molecule has 2 aromatic carbocycles. The van der Waals surface area contributed by atoms with Gasteiger partial charge < -0.3 is 18.8 Å². The van der Waals surface area contributed by atoms with Crippen LogP contribution in [0.2, 0.25) is 34.8 Å². The van der Waals surface area contributed by atoms with Crippen LogP contribution < -0.4 is 9.64 Å². The summed E-state index contributed by atoms with van der Waals surface area (Å²) < 4.78 is 53.5. The van der Waals surface area contributed by atoms with Crippen LogP contribution in [0.5, 0.6) is 6.01 Å². The minimum Gasteiger partial charge on any atom is -0.461 e. The highest BCUT2D eigenvalue weighted by molar-refractivity contribution is 6.90. The SMILES string of the molecule is CC(C)[Si](C#Cc1c(F)ccc2cccc(-c3ncc4c(N5CC6CCC(C5)N6C(=O)OC(C)(C)C)nc(OCC56CCCN5[C@@H](CO[Si](C)(C)C(C)(C)C)CC6)nc4c3F)c12)(C(C)C)C(C)C. The van der Waals surface area contributed by atoms with Gasteiger partial charge in [0.1, 0.15) is 43.1 Å². The number of carbonyl (C=O) groups excluding carboxylic acids is 1. The first-order valence-corrected chi connectivity index (χ1v) is 30.4. The Balaban J connectivity index is 1.20. The summed E-state index contributed by atoms with van der Waals surface area (Å²) in [7, 11) is -4.20. The molecular weight excluding hydrogens is 891 g/mol. The Labute approximate surface area is 406 Å². The van der Waals surface area contributed by atoms with Gasteiger partial charge >= 0.3 is 12.1 Å². The average Bonchev–Trinajstić information content (AvgIpc) is 3.91. The summed E-state index contributed by atoms with van der Waals surface area (Å²) in [6.07, 6.45) is 7.00. The topological polar surface area (TPSA) is 93.2 Å². The number of fused-ring (bicyclic) bond motifs is 5. The first kappa shape index (κ1) is 50.2. The molecule has 0 saturated carbocycles. The van der Waals surface area contributed by atoms with Crippen LogP contribution in [0.25, 0.3) is 32.9 Å². The highest BCUT2D eigenvalue weighted by Gasteiger charge is 2.51. The van der Waals surface area contributed by atoms with Crippen molar-refractivity contribution in [2.45, 2.75) is 186 Å². The number of amides is 1. The highest BCUT2D eigenvalue weighted by Crippen LogP contribution is 2.46. The quantitative estimate of drug-likeness (QED) is 0.108. The number of hydrogen-bond acceptors (Lipinski definition) is 9. The predicted molar refractivity (Wildman–Crippen MR) is 276 cm³/mol. The van der Waals surface area contributed by atoms with Crippen LogP contribution in [0, 0.1) is 23.1 Å². The van der Waals surface area contributed by atoms with Crippen LogP contribution in [0.15, 0.2) is 36.5 Å². The molecule has 0 radical (unpaired) electrons. The zero-order valence-electron chi connectivity index (χ0n) is 43.3. The van der Waals surface area contributed by atoms with E-state index in [1.54, 1.807) is 18.3 Å². The van der Waals surface area contributed by atoms with Gasteiger partial charge in [-0.2, -0.15) is 9.97 Å². The van der Waals surface area contributed by atoms with Crippen molar-refractivity contribution >= 4 is 50.0 Å². The van der Waals surface area contributed by atoms with E-state index in [9.17, 15) is 4.79 Å². The van der Waals surface area contributed by atoms with E-state index in [0.717, 1.165) is 50.5 Å². The van der Waals surface area contributed by atoms with E-state index in [-0.39, 0.29) is 51.5 Å². The van der Waals surface area contributed by atoms with E-state index in [0.29, 0.717) is 71.1 Å². The third-order valence-electron chi connectivity index (χ3n) is 16.5. The fraction of sp³-hybridized carbons (Fsp3) is 0.630. The largest absolute Gasteiger partial charge is 0.461 e. The van der Waals surface area contributed by atoms with Crippen molar-refractivity contribution in [3.63, 3.8) is 0 Å². The average molecular weight is 967 g/mol. The highest BCUT2D eigenvalue weighted by atomic mass is 28.4. The number of hydrogen-bond donors (Lipinski definition) is 0. The van der Waals surface area contributed by atoms with Crippen LogP contribution in [0.4, 0.5) is 19.4 Å². The number of rotatable bonds is 11. The lowest BCUT2D eigenvalue weighted by Gasteiger charge is -2.42. The van der Waals surface area contributed by atoms with Crippen molar-refractivity contribution in [1.29, 1.82) is 0 Å². The van der Waals surface area contributed by atoms with Crippen molar-refractivity contribution < 1.29 is 27.5 Å². The zero-order valence-corrected chi connectivity index (χ0v) is 45.3. The molecule has 8 rings (SSSR count). The molecule has 2 bridgehead atoms. The lowest BCUT2D eigenvalue weighted by molar-refractivity contribution is 0.0122. The molecule has 4 saturated heterocycles. The van der Waals surface area contributed by atoms with Crippen LogP contribution in [-0.2, 0) is 9.16 Å². The molecule has 4 fully saturated rings. The summed E-state index contributed by atoms with van der Waals surface area (Å²) in [6.45, 7) is 33.5. The summed E-state index contributed by atoms with van der Waals surface area (Å²) in [5.74, 6) is 2.82. The van der Waals surface area contributed by atoms with Gasteiger partial charge in [-0.1, -0.05) is 92.5 Å². The van der Waals surface area contributed by atoms with Gasteiger partial charge in [0.05, 0.1) is 28.6 Å². The molecular formula is C54H76F2N6O4Si2. The van der Waals surface area contributed by atoms with Crippen molar-refractivity contribution in [1.82, 2.24) is 24.8 Å². The van der Waals surface area contributed by atoms with Crippen LogP contribution in [0.3, 0.4) is 0 Å². The van der Waals surface area contributed by atoms with Crippen molar-refractivity contribution in [3.05, 3.63) is 53.7 Å². The van der Waals surface area contributed by atoms with E-state index in [2.05, 4.69) is 96.7 Å². The maximum absolute atomic E-state index is 17.9. The number of nitrogens with zero attached hydrogens (tertiary/aromatic N) is 6. The van der Waals surface area contributed by atoms with Gasteiger partial charge in [-0.3, -0.25) is 14.8 Å². The summed E-state index contributed by atoms with van der Waals surface area (Å²) >= 11 is 0. The second kappa shape index (κ2) is 18.5. The Kier molecular flexibility index (Phi) is 13.7. The first-order chi connectivity index (χ1) is 31.9. The Bertz CT molecular complexity index is 2580. The van der Waals surface area contributed by atoms with Gasteiger partial charge in [-0.25, -0.2) is 13.6 Å². The lowest BCUT2D eigenvalue weighted by atomic mass is 9.95. The fourth-order valence-electron chi connectivity index (χ4n) is 12.0. The molecule has 4 atom stereocenters. The molecule has 0 aliphatic carbocycles. The van der Waals surface area contributed by atoms with Gasteiger partial charge in [0.25, 0.3) is 0 Å². The van der Waals surface area contributed by atoms with Crippen molar-refractivity contribution in [3.8, 4) is 28.7 Å². The van der Waals surface area contributed by atoms with E-state index in [1.165, 1.54) is 6.07 Å². The molecule has 368 valence electrons. The molecule has 2 aromatic heterocycles. The minimum absolute atomic E-state index is 0.0585. The smallest absolute Gasteiger partial charge is 0.410 e. The second-order valence-corrected chi connectivity index (χ2v) is 34.1. The molecule has 3 unspecified atom stereocenters. The van der Waals surface area contributed by atoms with Gasteiger partial charge in [-0.15, -0.1) is 5.54 Å².